The van der Waals surface area contributed by atoms with Gasteiger partial charge in [0.1, 0.15) is 0 Å². The van der Waals surface area contributed by atoms with Crippen LogP contribution in [0.25, 0.3) is 0 Å². The molecule has 0 amide bonds. The summed E-state index contributed by atoms with van der Waals surface area (Å²) in [5, 5.41) is 7.25. The molecule has 0 spiro atoms. The van der Waals surface area contributed by atoms with Gasteiger partial charge in [0.25, 0.3) is 0 Å². The van der Waals surface area contributed by atoms with Crippen molar-refractivity contribution < 1.29 is 0 Å². The van der Waals surface area contributed by atoms with Crippen LogP contribution in [0.1, 0.15) is 25.7 Å². The van der Waals surface area contributed by atoms with Crippen LogP contribution in [-0.4, -0.2) is 21.0 Å². The molecule has 0 bridgehead atoms. The van der Waals surface area contributed by atoms with E-state index in [0.29, 0.717) is 23.0 Å². The van der Waals surface area contributed by atoms with Crippen LogP contribution in [0.15, 0.2) is 24.3 Å². The first kappa shape index (κ1) is 14.4. The van der Waals surface area contributed by atoms with Gasteiger partial charge in [-0.05, 0) is 48.7 Å². The molecule has 0 atom stereocenters. The summed E-state index contributed by atoms with van der Waals surface area (Å²) in [5.74, 6) is 0.927. The molecule has 0 saturated heterocycles. The van der Waals surface area contributed by atoms with E-state index in [-0.39, 0.29) is 5.28 Å². The highest BCUT2D eigenvalue weighted by Gasteiger charge is 2.16. The highest BCUT2D eigenvalue weighted by Crippen LogP contribution is 2.22. The SMILES string of the molecule is Clc1ccc(Nc2nc(Cl)nc(NC3CCCC3)n2)cc1. The lowest BCUT2D eigenvalue weighted by atomic mass is 10.3. The van der Waals surface area contributed by atoms with Gasteiger partial charge < -0.3 is 10.6 Å². The van der Waals surface area contributed by atoms with E-state index in [2.05, 4.69) is 25.6 Å². The van der Waals surface area contributed by atoms with Crippen molar-refractivity contribution in [3.05, 3.63) is 34.6 Å². The second kappa shape index (κ2) is 6.45. The van der Waals surface area contributed by atoms with E-state index in [1.54, 1.807) is 12.1 Å². The van der Waals surface area contributed by atoms with Crippen molar-refractivity contribution in [2.45, 2.75) is 31.7 Å². The molecule has 0 aliphatic heterocycles. The smallest absolute Gasteiger partial charge is 0.233 e. The van der Waals surface area contributed by atoms with E-state index in [1.165, 1.54) is 12.8 Å². The maximum Gasteiger partial charge on any atom is 0.233 e. The fourth-order valence-electron chi connectivity index (χ4n) is 2.39. The van der Waals surface area contributed by atoms with Gasteiger partial charge in [0.05, 0.1) is 0 Å². The Morgan fingerprint density at radius 3 is 2.29 bits per heavy atom. The number of nitrogens with zero attached hydrogens (tertiary/aromatic N) is 3. The zero-order valence-electron chi connectivity index (χ0n) is 11.3. The lowest BCUT2D eigenvalue weighted by Crippen LogP contribution is -2.17. The minimum Gasteiger partial charge on any atom is -0.351 e. The largest absolute Gasteiger partial charge is 0.351 e. The normalized spacial score (nSPS) is 15.1. The molecular weight excluding hydrogens is 309 g/mol. The molecule has 1 aromatic carbocycles. The molecule has 1 aromatic heterocycles. The zero-order valence-corrected chi connectivity index (χ0v) is 12.8. The first-order valence-electron chi connectivity index (χ1n) is 6.90. The van der Waals surface area contributed by atoms with Crippen LogP contribution in [-0.2, 0) is 0 Å². The third-order valence-electron chi connectivity index (χ3n) is 3.40. The van der Waals surface area contributed by atoms with E-state index in [9.17, 15) is 0 Å². The van der Waals surface area contributed by atoms with Crippen molar-refractivity contribution in [2.75, 3.05) is 10.6 Å². The Morgan fingerprint density at radius 2 is 1.57 bits per heavy atom. The first-order valence-corrected chi connectivity index (χ1v) is 7.65. The number of halogens is 2. The molecule has 1 aliphatic carbocycles. The summed E-state index contributed by atoms with van der Waals surface area (Å²) in [6.07, 6.45) is 4.77. The van der Waals surface area contributed by atoms with Crippen molar-refractivity contribution in [3.63, 3.8) is 0 Å². The zero-order chi connectivity index (χ0) is 14.7. The molecule has 1 heterocycles. The molecule has 1 fully saturated rings. The minimum atomic E-state index is 0.168. The third-order valence-corrected chi connectivity index (χ3v) is 3.82. The number of hydrogen-bond donors (Lipinski definition) is 2. The average molecular weight is 324 g/mol. The molecule has 110 valence electrons. The Hall–Kier alpha value is -1.59. The molecule has 2 N–H and O–H groups in total. The molecule has 7 heteroatoms. The van der Waals surface area contributed by atoms with Crippen LogP contribution < -0.4 is 10.6 Å². The van der Waals surface area contributed by atoms with Gasteiger partial charge in [0.2, 0.25) is 17.2 Å². The topological polar surface area (TPSA) is 62.7 Å². The van der Waals surface area contributed by atoms with Gasteiger partial charge in [-0.3, -0.25) is 0 Å². The lowest BCUT2D eigenvalue weighted by Gasteiger charge is -2.12. The maximum absolute atomic E-state index is 5.96. The van der Waals surface area contributed by atoms with E-state index in [0.717, 1.165) is 18.5 Å². The van der Waals surface area contributed by atoms with Crippen molar-refractivity contribution in [1.82, 2.24) is 15.0 Å². The first-order chi connectivity index (χ1) is 10.2. The predicted molar refractivity (Wildman–Crippen MR) is 85.5 cm³/mol. The van der Waals surface area contributed by atoms with Crippen molar-refractivity contribution in [3.8, 4) is 0 Å². The van der Waals surface area contributed by atoms with Crippen LogP contribution in [0.2, 0.25) is 10.3 Å². The van der Waals surface area contributed by atoms with Crippen molar-refractivity contribution in [2.24, 2.45) is 0 Å². The standard InChI is InChI=1S/C14H15Cl2N5/c15-9-5-7-11(8-6-9)18-14-20-12(16)19-13(21-14)17-10-3-1-2-4-10/h5-8,10H,1-4H2,(H2,17,18,19,20,21). The van der Waals surface area contributed by atoms with E-state index >= 15 is 0 Å². The second-order valence-corrected chi connectivity index (χ2v) is 5.78. The molecular formula is C14H15Cl2N5. The van der Waals surface area contributed by atoms with E-state index in [4.69, 9.17) is 23.2 Å². The number of anilines is 3. The summed E-state index contributed by atoms with van der Waals surface area (Å²) < 4.78 is 0. The summed E-state index contributed by atoms with van der Waals surface area (Å²) in [6.45, 7) is 0. The lowest BCUT2D eigenvalue weighted by molar-refractivity contribution is 0.742. The highest BCUT2D eigenvalue weighted by atomic mass is 35.5. The molecule has 0 unspecified atom stereocenters. The summed E-state index contributed by atoms with van der Waals surface area (Å²) in [4.78, 5) is 12.6. The van der Waals surface area contributed by atoms with Crippen LogP contribution >= 0.6 is 23.2 Å². The third kappa shape index (κ3) is 3.95. The van der Waals surface area contributed by atoms with Crippen molar-refractivity contribution in [1.29, 1.82) is 0 Å². The Bertz CT molecular complexity index is 611. The Labute approximate surface area is 133 Å². The van der Waals surface area contributed by atoms with Crippen LogP contribution in [0, 0.1) is 0 Å². The molecule has 1 aliphatic rings. The fourth-order valence-corrected chi connectivity index (χ4v) is 2.67. The van der Waals surface area contributed by atoms with Gasteiger partial charge in [-0.2, -0.15) is 15.0 Å². The maximum atomic E-state index is 5.96. The quantitative estimate of drug-likeness (QED) is 0.879. The Morgan fingerprint density at radius 1 is 0.905 bits per heavy atom. The van der Waals surface area contributed by atoms with Crippen LogP contribution in [0.3, 0.4) is 0 Å². The molecule has 1 saturated carbocycles. The van der Waals surface area contributed by atoms with Crippen LogP contribution in [0.4, 0.5) is 17.6 Å². The van der Waals surface area contributed by atoms with E-state index < -0.39 is 0 Å². The minimum absolute atomic E-state index is 0.168. The number of rotatable bonds is 4. The van der Waals surface area contributed by atoms with Crippen molar-refractivity contribution >= 4 is 40.8 Å². The summed E-state index contributed by atoms with van der Waals surface area (Å²) in [6, 6.07) is 7.72. The molecule has 2 aromatic rings. The molecule has 21 heavy (non-hydrogen) atoms. The average Bonchev–Trinajstić information content (AvgIpc) is 2.93. The van der Waals surface area contributed by atoms with Gasteiger partial charge in [-0.25, -0.2) is 0 Å². The molecule has 3 rings (SSSR count). The van der Waals surface area contributed by atoms with Gasteiger partial charge in [-0.15, -0.1) is 0 Å². The summed E-state index contributed by atoms with van der Waals surface area (Å²) in [5.41, 5.74) is 0.841. The van der Waals surface area contributed by atoms with Gasteiger partial charge in [0, 0.05) is 16.8 Å². The monoisotopic (exact) mass is 323 g/mol. The molecule has 0 radical (unpaired) electrons. The number of aromatic nitrogens is 3. The van der Waals surface area contributed by atoms with Crippen LogP contribution in [0.5, 0.6) is 0 Å². The summed E-state index contributed by atoms with van der Waals surface area (Å²) >= 11 is 11.8. The van der Waals surface area contributed by atoms with Gasteiger partial charge in [0.15, 0.2) is 0 Å². The van der Waals surface area contributed by atoms with Gasteiger partial charge >= 0.3 is 0 Å². The highest BCUT2D eigenvalue weighted by molar-refractivity contribution is 6.30. The predicted octanol–water partition coefficient (Wildman–Crippen LogP) is 4.28. The summed E-state index contributed by atoms with van der Waals surface area (Å²) in [7, 11) is 0. The van der Waals surface area contributed by atoms with E-state index in [1.807, 2.05) is 12.1 Å². The van der Waals surface area contributed by atoms with Gasteiger partial charge in [-0.1, -0.05) is 24.4 Å². The fraction of sp³-hybridized carbons (Fsp3) is 0.357. The Balaban J connectivity index is 1.75. The number of benzene rings is 1. The second-order valence-electron chi connectivity index (χ2n) is 5.01. The number of nitrogens with one attached hydrogen (secondary N) is 2. The molecule has 5 nitrogen and oxygen atoms in total. The Kier molecular flexibility index (Phi) is 4.41. The number of hydrogen-bond acceptors (Lipinski definition) is 5.